The SMILES string of the molecule is Cc1cc(CN(C)CC(O)COc2ccc(C(N)=O)cc2)ccc1-c1cccc(F)c1. The molecule has 5 nitrogen and oxygen atoms in total. The topological polar surface area (TPSA) is 75.8 Å². The van der Waals surface area contributed by atoms with Crippen molar-refractivity contribution in [2.45, 2.75) is 19.6 Å². The predicted molar refractivity (Wildman–Crippen MR) is 119 cm³/mol. The van der Waals surface area contributed by atoms with E-state index >= 15 is 0 Å². The summed E-state index contributed by atoms with van der Waals surface area (Å²) in [6, 6.07) is 19.2. The molecule has 0 saturated heterocycles. The van der Waals surface area contributed by atoms with Crippen LogP contribution in [0.4, 0.5) is 4.39 Å². The molecule has 6 heteroatoms. The number of carbonyl (C=O) groups excluding carboxylic acids is 1. The minimum absolute atomic E-state index is 0.137. The minimum Gasteiger partial charge on any atom is -0.491 e. The second-order valence-corrected chi connectivity index (χ2v) is 7.71. The first kappa shape index (κ1) is 22.5. The Morgan fingerprint density at radius 1 is 1.13 bits per heavy atom. The molecule has 0 aliphatic heterocycles. The number of aliphatic hydroxyl groups excluding tert-OH is 1. The summed E-state index contributed by atoms with van der Waals surface area (Å²) < 4.78 is 19.1. The third-order valence-electron chi connectivity index (χ3n) is 4.98. The molecule has 0 radical (unpaired) electrons. The Labute approximate surface area is 181 Å². The Balaban J connectivity index is 1.52. The van der Waals surface area contributed by atoms with E-state index in [-0.39, 0.29) is 12.4 Å². The van der Waals surface area contributed by atoms with E-state index in [0.29, 0.717) is 24.4 Å². The Bertz CT molecular complexity index is 1040. The zero-order valence-electron chi connectivity index (χ0n) is 17.7. The molecule has 0 aromatic heterocycles. The number of hydrogen-bond donors (Lipinski definition) is 2. The maximum absolute atomic E-state index is 13.5. The van der Waals surface area contributed by atoms with Gasteiger partial charge in [0.25, 0.3) is 0 Å². The van der Waals surface area contributed by atoms with Crippen LogP contribution in [0.5, 0.6) is 5.75 Å². The van der Waals surface area contributed by atoms with Crippen molar-refractivity contribution in [3.05, 3.63) is 89.2 Å². The van der Waals surface area contributed by atoms with Gasteiger partial charge in [-0.3, -0.25) is 9.69 Å². The number of aliphatic hydroxyl groups is 1. The molecule has 0 aliphatic carbocycles. The van der Waals surface area contributed by atoms with Crippen molar-refractivity contribution < 1.29 is 19.0 Å². The summed E-state index contributed by atoms with van der Waals surface area (Å²) in [5.41, 5.74) is 9.66. The summed E-state index contributed by atoms with van der Waals surface area (Å²) in [6.07, 6.45) is -0.673. The van der Waals surface area contributed by atoms with Gasteiger partial charge in [0.1, 0.15) is 24.3 Å². The number of benzene rings is 3. The van der Waals surface area contributed by atoms with Crippen LogP contribution in [0.1, 0.15) is 21.5 Å². The van der Waals surface area contributed by atoms with Gasteiger partial charge in [-0.05, 0) is 72.6 Å². The van der Waals surface area contributed by atoms with Crippen LogP contribution in [-0.2, 0) is 6.54 Å². The fourth-order valence-corrected chi connectivity index (χ4v) is 3.50. The molecule has 3 N–H and O–H groups in total. The van der Waals surface area contributed by atoms with E-state index in [4.69, 9.17) is 10.5 Å². The van der Waals surface area contributed by atoms with Crippen molar-refractivity contribution in [2.24, 2.45) is 5.73 Å². The van der Waals surface area contributed by atoms with Crippen molar-refractivity contribution in [1.29, 1.82) is 0 Å². The molecule has 0 aliphatic rings. The highest BCUT2D eigenvalue weighted by molar-refractivity contribution is 5.92. The Morgan fingerprint density at radius 3 is 2.52 bits per heavy atom. The van der Waals surface area contributed by atoms with Crippen LogP contribution in [0, 0.1) is 12.7 Å². The van der Waals surface area contributed by atoms with Gasteiger partial charge in [0.2, 0.25) is 5.91 Å². The van der Waals surface area contributed by atoms with Crippen LogP contribution in [-0.4, -0.2) is 42.2 Å². The molecule has 0 fully saturated rings. The van der Waals surface area contributed by atoms with Gasteiger partial charge < -0.3 is 15.6 Å². The summed E-state index contributed by atoms with van der Waals surface area (Å²) in [4.78, 5) is 13.1. The molecule has 3 aromatic rings. The van der Waals surface area contributed by atoms with E-state index in [9.17, 15) is 14.3 Å². The molecular formula is C25H27FN2O3. The van der Waals surface area contributed by atoms with Gasteiger partial charge >= 0.3 is 0 Å². The highest BCUT2D eigenvalue weighted by Crippen LogP contribution is 2.25. The van der Waals surface area contributed by atoms with E-state index in [2.05, 4.69) is 6.07 Å². The Kier molecular flexibility index (Phi) is 7.39. The lowest BCUT2D eigenvalue weighted by atomic mass is 9.98. The lowest BCUT2D eigenvalue weighted by Gasteiger charge is -2.21. The number of hydrogen-bond acceptors (Lipinski definition) is 4. The number of rotatable bonds is 9. The van der Waals surface area contributed by atoms with Crippen molar-refractivity contribution >= 4 is 5.91 Å². The summed E-state index contributed by atoms with van der Waals surface area (Å²) in [5, 5.41) is 10.3. The van der Waals surface area contributed by atoms with Crippen LogP contribution >= 0.6 is 0 Å². The van der Waals surface area contributed by atoms with Gasteiger partial charge in [0.05, 0.1) is 0 Å². The van der Waals surface area contributed by atoms with Crippen molar-refractivity contribution in [2.75, 3.05) is 20.2 Å². The van der Waals surface area contributed by atoms with E-state index in [0.717, 1.165) is 22.3 Å². The fourth-order valence-electron chi connectivity index (χ4n) is 3.50. The Hall–Kier alpha value is -3.22. The summed E-state index contributed by atoms with van der Waals surface area (Å²) >= 11 is 0. The summed E-state index contributed by atoms with van der Waals surface area (Å²) in [6.45, 7) is 3.24. The first-order chi connectivity index (χ1) is 14.8. The van der Waals surface area contributed by atoms with Gasteiger partial charge in [0, 0.05) is 18.7 Å². The number of likely N-dealkylation sites (N-methyl/N-ethyl adjacent to an activating group) is 1. The molecule has 1 unspecified atom stereocenters. The molecule has 31 heavy (non-hydrogen) atoms. The quantitative estimate of drug-likeness (QED) is 0.550. The highest BCUT2D eigenvalue weighted by atomic mass is 19.1. The summed E-state index contributed by atoms with van der Waals surface area (Å²) in [5.74, 6) is -0.177. The smallest absolute Gasteiger partial charge is 0.248 e. The largest absolute Gasteiger partial charge is 0.491 e. The molecule has 0 saturated carbocycles. The average Bonchev–Trinajstić information content (AvgIpc) is 2.72. The highest BCUT2D eigenvalue weighted by Gasteiger charge is 2.11. The monoisotopic (exact) mass is 422 g/mol. The van der Waals surface area contributed by atoms with Gasteiger partial charge in [0.15, 0.2) is 0 Å². The number of carbonyl (C=O) groups is 1. The van der Waals surface area contributed by atoms with Gasteiger partial charge in [-0.2, -0.15) is 0 Å². The van der Waals surface area contributed by atoms with E-state index < -0.39 is 12.0 Å². The third-order valence-corrected chi connectivity index (χ3v) is 4.98. The molecule has 0 bridgehead atoms. The maximum Gasteiger partial charge on any atom is 0.248 e. The second-order valence-electron chi connectivity index (χ2n) is 7.71. The fraction of sp³-hybridized carbons (Fsp3) is 0.240. The van der Waals surface area contributed by atoms with Crippen LogP contribution in [0.2, 0.25) is 0 Å². The lowest BCUT2D eigenvalue weighted by molar-refractivity contribution is 0.0743. The molecule has 1 amide bonds. The first-order valence-electron chi connectivity index (χ1n) is 10.1. The van der Waals surface area contributed by atoms with Crippen molar-refractivity contribution in [1.82, 2.24) is 4.90 Å². The molecule has 1 atom stereocenters. The Morgan fingerprint density at radius 2 is 1.87 bits per heavy atom. The van der Waals surface area contributed by atoms with Crippen LogP contribution < -0.4 is 10.5 Å². The number of ether oxygens (including phenoxy) is 1. The number of nitrogens with two attached hydrogens (primary N) is 1. The van der Waals surface area contributed by atoms with Crippen LogP contribution in [0.15, 0.2) is 66.7 Å². The number of primary amides is 1. The van der Waals surface area contributed by atoms with Crippen LogP contribution in [0.25, 0.3) is 11.1 Å². The number of aryl methyl sites for hydroxylation is 1. The zero-order chi connectivity index (χ0) is 22.4. The van der Waals surface area contributed by atoms with E-state index in [1.54, 1.807) is 30.3 Å². The van der Waals surface area contributed by atoms with Crippen LogP contribution in [0.3, 0.4) is 0 Å². The lowest BCUT2D eigenvalue weighted by Crippen LogP contribution is -2.32. The van der Waals surface area contributed by atoms with Gasteiger partial charge in [-0.1, -0.05) is 30.3 Å². The average molecular weight is 423 g/mol. The predicted octanol–water partition coefficient (Wildman–Crippen LogP) is 3.77. The number of halogens is 1. The maximum atomic E-state index is 13.5. The number of nitrogens with zero attached hydrogens (tertiary/aromatic N) is 1. The molecule has 3 aromatic carbocycles. The van der Waals surface area contributed by atoms with Crippen molar-refractivity contribution in [3.8, 4) is 16.9 Å². The first-order valence-corrected chi connectivity index (χ1v) is 10.1. The van der Waals surface area contributed by atoms with E-state index in [1.807, 2.05) is 37.1 Å². The third kappa shape index (κ3) is 6.38. The number of amides is 1. The molecule has 162 valence electrons. The molecular weight excluding hydrogens is 395 g/mol. The molecule has 0 heterocycles. The van der Waals surface area contributed by atoms with Crippen molar-refractivity contribution in [3.63, 3.8) is 0 Å². The second kappa shape index (κ2) is 10.2. The minimum atomic E-state index is -0.673. The molecule has 0 spiro atoms. The molecule has 3 rings (SSSR count). The van der Waals surface area contributed by atoms with E-state index in [1.165, 1.54) is 12.1 Å². The standard InChI is InChI=1S/C25H27FN2O3/c1-17-12-18(6-11-24(17)20-4-3-5-21(26)13-20)14-28(2)15-22(29)16-31-23-9-7-19(8-10-23)25(27)30/h3-13,22,29H,14-16H2,1-2H3,(H2,27,30). The summed E-state index contributed by atoms with van der Waals surface area (Å²) in [7, 11) is 1.93. The zero-order valence-corrected chi connectivity index (χ0v) is 17.7. The normalized spacial score (nSPS) is 12.0. The van der Waals surface area contributed by atoms with Gasteiger partial charge in [-0.15, -0.1) is 0 Å². The van der Waals surface area contributed by atoms with Gasteiger partial charge in [-0.25, -0.2) is 4.39 Å².